The van der Waals surface area contributed by atoms with Crippen LogP contribution in [0.3, 0.4) is 0 Å². The van der Waals surface area contributed by atoms with E-state index in [1.807, 2.05) is 13.0 Å². The van der Waals surface area contributed by atoms with E-state index in [9.17, 15) is 0 Å². The van der Waals surface area contributed by atoms with E-state index < -0.39 is 0 Å². The Hall–Kier alpha value is 0.515. The Morgan fingerprint density at radius 1 is 1.36 bits per heavy atom. The van der Waals surface area contributed by atoms with Crippen molar-refractivity contribution in [2.24, 2.45) is 0 Å². The molecule has 1 unspecified atom stereocenters. The summed E-state index contributed by atoms with van der Waals surface area (Å²) in [5.74, 6) is 0. The summed E-state index contributed by atoms with van der Waals surface area (Å²) < 4.78 is 12.5. The number of hydrogen-bond acceptors (Lipinski definition) is 4. The number of carbonyl (C=O) groups excluding carboxylic acids is 1. The number of allylic oxidation sites excluding steroid dienone is 1. The van der Waals surface area contributed by atoms with Gasteiger partial charge in [-0.3, -0.25) is 6.58 Å². The minimum atomic E-state index is 0. The van der Waals surface area contributed by atoms with Gasteiger partial charge < -0.3 is 32.2 Å². The van der Waals surface area contributed by atoms with Crippen molar-refractivity contribution in [1.29, 1.82) is 0 Å². The molecule has 22 heavy (non-hydrogen) atoms. The van der Waals surface area contributed by atoms with Crippen molar-refractivity contribution in [3.05, 3.63) is 45.3 Å². The summed E-state index contributed by atoms with van der Waals surface area (Å²) >= 11 is 0. The third kappa shape index (κ3) is 138. The average molecular weight is 822 g/mol. The molecule has 1 fully saturated rings. The van der Waals surface area contributed by atoms with Crippen LogP contribution in [-0.2, 0) is 82.2 Å². The molecule has 130 valence electrons. The third-order valence-electron chi connectivity index (χ3n) is 1.12. The van der Waals surface area contributed by atoms with E-state index in [0.29, 0.717) is 6.10 Å². The average Bonchev–Trinajstić information content (AvgIpc) is 3.25. The van der Waals surface area contributed by atoms with Crippen molar-refractivity contribution in [1.82, 2.24) is 0 Å². The van der Waals surface area contributed by atoms with Gasteiger partial charge in [-0.2, -0.15) is 6.61 Å². The fraction of sp³-hybridized carbons (Fsp3) is 0.467. The van der Waals surface area contributed by atoms with Gasteiger partial charge in [0.15, 0.2) is 0 Å². The zero-order valence-electron chi connectivity index (χ0n) is 13.7. The van der Waals surface area contributed by atoms with Crippen molar-refractivity contribution in [2.45, 2.75) is 32.8 Å². The van der Waals surface area contributed by atoms with E-state index in [1.54, 1.807) is 6.61 Å². The molecule has 0 aromatic rings. The first-order valence-corrected chi connectivity index (χ1v) is 5.61. The topological polar surface area (TPSA) is 48.1 Å². The molecule has 0 amide bonds. The van der Waals surface area contributed by atoms with Gasteiger partial charge in [0.25, 0.3) is 0 Å². The van der Waals surface area contributed by atoms with Crippen molar-refractivity contribution in [3.8, 4) is 0 Å². The zero-order valence-corrected chi connectivity index (χ0v) is 22.5. The number of epoxide rings is 1. The van der Waals surface area contributed by atoms with Crippen LogP contribution < -0.4 is 0 Å². The maximum absolute atomic E-state index is 8.83. The van der Waals surface area contributed by atoms with Gasteiger partial charge in [-0.05, 0) is 6.42 Å². The molecule has 1 atom stereocenters. The summed E-state index contributed by atoms with van der Waals surface area (Å²) in [6, 6.07) is 0. The molecule has 7 heteroatoms. The van der Waals surface area contributed by atoms with Crippen LogP contribution in [0.2, 0.25) is 0 Å². The second kappa shape index (κ2) is 57.8. The Morgan fingerprint density at radius 3 is 1.64 bits per heavy atom. The molecular formula is C15H26O4W3-2. The predicted molar refractivity (Wildman–Crippen MR) is 78.5 cm³/mol. The molecule has 0 aromatic heterocycles. The number of methoxy groups -OCH3 is 2. The van der Waals surface area contributed by atoms with E-state index >= 15 is 0 Å². The molecule has 1 saturated heterocycles. The molecule has 0 saturated carbocycles. The van der Waals surface area contributed by atoms with Crippen molar-refractivity contribution < 1.29 is 82.2 Å². The monoisotopic (exact) mass is 822 g/mol. The second-order valence-electron chi connectivity index (χ2n) is 2.71. The summed E-state index contributed by atoms with van der Waals surface area (Å²) in [6.45, 7) is 22.3. The number of rotatable bonds is 4. The van der Waals surface area contributed by atoms with Gasteiger partial charge in [0.2, 0.25) is 0 Å². The predicted octanol–water partition coefficient (Wildman–Crippen LogP) is 3.42. The third-order valence-corrected chi connectivity index (χ3v) is 1.12. The van der Waals surface area contributed by atoms with Gasteiger partial charge in [0.05, 0.1) is 7.11 Å². The van der Waals surface area contributed by atoms with Crippen molar-refractivity contribution in [2.75, 3.05) is 14.2 Å². The fourth-order valence-electron chi connectivity index (χ4n) is 0.283. The van der Waals surface area contributed by atoms with Crippen LogP contribution in [0.4, 0.5) is 0 Å². The molecule has 0 aromatic carbocycles. The Labute approximate surface area is 179 Å². The summed E-state index contributed by atoms with van der Waals surface area (Å²) in [5, 5.41) is 0. The molecule has 1 rings (SSSR count). The Kier molecular flexibility index (Phi) is 114. The van der Waals surface area contributed by atoms with Crippen LogP contribution in [0.1, 0.15) is 26.7 Å². The Bertz CT molecular complexity index is 170. The maximum atomic E-state index is 8.83. The van der Waals surface area contributed by atoms with Crippen molar-refractivity contribution in [3.63, 3.8) is 0 Å². The van der Waals surface area contributed by atoms with Crippen LogP contribution >= 0.6 is 0 Å². The Balaban J connectivity index is -0.0000000252. The maximum Gasteiger partial charge on any atom is 2.00 e. The molecule has 0 spiro atoms. The van der Waals surface area contributed by atoms with Gasteiger partial charge in [-0.15, -0.1) is 12.8 Å². The second-order valence-corrected chi connectivity index (χ2v) is 2.71. The van der Waals surface area contributed by atoms with Crippen molar-refractivity contribution >= 4 is 6.47 Å². The SMILES string of the molecule is C=CCCC.CC1[CH-]O1.CO[C-]=O.[CH-]=C.[CH-]=COC.[W+2].[W].[W]. The number of hydrogen-bond donors (Lipinski definition) is 0. The van der Waals surface area contributed by atoms with Crippen LogP contribution in [0, 0.1) is 19.8 Å². The largest absolute Gasteiger partial charge is 2.00 e. The quantitative estimate of drug-likeness (QED) is 0.189. The van der Waals surface area contributed by atoms with Gasteiger partial charge in [0, 0.05) is 49.2 Å². The first kappa shape index (κ1) is 43.3. The van der Waals surface area contributed by atoms with Crippen LogP contribution in [0.15, 0.2) is 25.5 Å². The minimum absolute atomic E-state index is 0. The standard InChI is InChI=1S/C5H10.2C3H5O.C2H3O2.C2H3.3W/c1-3-5-4-2;1-3-2-4-3;1-3-4-2;1-4-2-3;1-2;;;/h3H,1,4-5H2,2H3;2-3H,1H3;1,3H,2H3;1H3;1H,2H2;;;/q;4*-1;;;+2. The number of unbranched alkanes of at least 4 members (excludes halogenated alkanes) is 1. The normalized spacial score (nSPS) is 11.0. The van der Waals surface area contributed by atoms with Gasteiger partial charge in [-0.25, -0.2) is 0 Å². The van der Waals surface area contributed by atoms with E-state index in [4.69, 9.17) is 4.79 Å². The zero-order chi connectivity index (χ0) is 15.9. The summed E-state index contributed by atoms with van der Waals surface area (Å²) in [4.78, 5) is 8.83. The fourth-order valence-corrected chi connectivity index (χ4v) is 0.283. The molecule has 0 N–H and O–H groups in total. The molecule has 0 bridgehead atoms. The summed E-state index contributed by atoms with van der Waals surface area (Å²) in [6.07, 6.45) is 5.89. The first-order chi connectivity index (χ1) is 9.14. The molecule has 4 nitrogen and oxygen atoms in total. The van der Waals surface area contributed by atoms with E-state index in [-0.39, 0.29) is 63.2 Å². The van der Waals surface area contributed by atoms with E-state index in [2.05, 4.69) is 47.5 Å². The van der Waals surface area contributed by atoms with E-state index in [1.165, 1.54) is 27.1 Å². The molecule has 1 heterocycles. The first-order valence-electron chi connectivity index (χ1n) is 5.61. The molecule has 1 aliphatic rings. The molecule has 0 radical (unpaired) electrons. The van der Waals surface area contributed by atoms with Crippen LogP contribution in [-0.4, -0.2) is 26.8 Å². The minimum Gasteiger partial charge on any atom is -0.655 e. The van der Waals surface area contributed by atoms with Gasteiger partial charge in [0.1, 0.15) is 0 Å². The molecule has 1 aliphatic heterocycles. The Morgan fingerprint density at radius 2 is 1.64 bits per heavy atom. The van der Waals surface area contributed by atoms with Gasteiger partial charge >= 0.3 is 21.1 Å². The smallest absolute Gasteiger partial charge is 0.655 e. The van der Waals surface area contributed by atoms with E-state index in [0.717, 1.165) is 12.7 Å². The molecular weight excluding hydrogens is 796 g/mol. The van der Waals surface area contributed by atoms with Gasteiger partial charge in [-0.1, -0.05) is 38.9 Å². The summed E-state index contributed by atoms with van der Waals surface area (Å²) in [7, 11) is 2.76. The number of ether oxygens (including phenoxy) is 3. The van der Waals surface area contributed by atoms with Crippen LogP contribution in [0.5, 0.6) is 0 Å². The van der Waals surface area contributed by atoms with Crippen LogP contribution in [0.25, 0.3) is 0 Å². The summed E-state index contributed by atoms with van der Waals surface area (Å²) in [5.41, 5.74) is 0. The molecule has 0 aliphatic carbocycles.